The normalized spacial score (nSPS) is 14.4. The van der Waals surface area contributed by atoms with Gasteiger partial charge in [-0.15, -0.1) is 11.3 Å². The maximum absolute atomic E-state index is 13.9. The number of nitrogens with one attached hydrogen (secondary N) is 1. The van der Waals surface area contributed by atoms with Crippen LogP contribution in [0.5, 0.6) is 0 Å². The van der Waals surface area contributed by atoms with Crippen molar-refractivity contribution in [3.05, 3.63) is 80.9 Å². The Balaban J connectivity index is 1.49. The number of aromatic nitrogens is 1. The molecule has 1 fully saturated rings. The zero-order valence-electron chi connectivity index (χ0n) is 21.6. The molecular formula is C28H27BF3N4O2S. The lowest BCUT2D eigenvalue weighted by Gasteiger charge is -2.33. The van der Waals surface area contributed by atoms with Crippen molar-refractivity contribution in [2.24, 2.45) is 0 Å². The number of aryl methyl sites for hydroxylation is 1. The lowest BCUT2D eigenvalue weighted by molar-refractivity contribution is -0.138. The van der Waals surface area contributed by atoms with Gasteiger partial charge in [0.2, 0.25) is 0 Å². The Bertz CT molecular complexity index is 1410. The number of halogens is 3. The number of hydrogen-bond donors (Lipinski definition) is 1. The van der Waals surface area contributed by atoms with Gasteiger partial charge in [-0.1, -0.05) is 30.2 Å². The number of piperazine rings is 1. The first-order chi connectivity index (χ1) is 18.6. The van der Waals surface area contributed by atoms with Crippen molar-refractivity contribution in [2.75, 3.05) is 33.2 Å². The Morgan fingerprint density at radius 1 is 1.18 bits per heavy atom. The number of benzene rings is 2. The number of Topliss-reactive ketones (excluding diaryl/α,β-unsaturated/α-hetero) is 1. The maximum atomic E-state index is 13.9. The predicted molar refractivity (Wildman–Crippen MR) is 147 cm³/mol. The number of carbonyl (C=O) groups is 1. The maximum Gasteiger partial charge on any atom is 0.441 e. The largest absolute Gasteiger partial charge is 0.548 e. The van der Waals surface area contributed by atoms with E-state index in [1.807, 2.05) is 18.9 Å². The number of alkyl halides is 3. The Morgan fingerprint density at radius 3 is 2.67 bits per heavy atom. The SMILES string of the molecule is Cc1ccc(C(=O)Cc2ccc(CN3CCN(C)CC3)c(C(F)(F)F)c2)cc1C#Cc1cnc([B]OC=N)s1. The molecule has 0 saturated carbocycles. The molecule has 1 aliphatic rings. The second-order valence-corrected chi connectivity index (χ2v) is 10.4. The van der Waals surface area contributed by atoms with E-state index < -0.39 is 11.7 Å². The van der Waals surface area contributed by atoms with Crippen molar-refractivity contribution in [1.29, 1.82) is 5.41 Å². The summed E-state index contributed by atoms with van der Waals surface area (Å²) in [4.78, 5) is 22.6. The third-order valence-corrected chi connectivity index (χ3v) is 7.31. The van der Waals surface area contributed by atoms with E-state index in [2.05, 4.69) is 21.7 Å². The quantitative estimate of drug-likeness (QED) is 0.151. The summed E-state index contributed by atoms with van der Waals surface area (Å²) in [5.41, 5.74) is 1.77. The molecule has 6 nitrogen and oxygen atoms in total. The molecule has 0 aliphatic carbocycles. The first-order valence-electron chi connectivity index (χ1n) is 12.3. The molecule has 0 atom stereocenters. The number of ketones is 1. The first-order valence-corrected chi connectivity index (χ1v) is 13.1. The summed E-state index contributed by atoms with van der Waals surface area (Å²) in [7, 11) is 3.35. The van der Waals surface area contributed by atoms with Crippen LogP contribution in [0.15, 0.2) is 42.6 Å². The average Bonchev–Trinajstić information content (AvgIpc) is 3.36. The van der Waals surface area contributed by atoms with Crippen LogP contribution in [-0.2, 0) is 23.8 Å². The Morgan fingerprint density at radius 2 is 1.95 bits per heavy atom. The highest BCUT2D eigenvalue weighted by Gasteiger charge is 2.34. The Labute approximate surface area is 230 Å². The van der Waals surface area contributed by atoms with E-state index >= 15 is 0 Å². The molecular weight excluding hydrogens is 524 g/mol. The zero-order valence-corrected chi connectivity index (χ0v) is 22.5. The molecule has 0 amide bonds. The number of hydrogen-bond acceptors (Lipinski definition) is 7. The summed E-state index contributed by atoms with van der Waals surface area (Å²) in [5.74, 6) is 5.78. The van der Waals surface area contributed by atoms with Gasteiger partial charge in [0.25, 0.3) is 0 Å². The topological polar surface area (TPSA) is 69.5 Å². The molecule has 3 aromatic rings. The van der Waals surface area contributed by atoms with Crippen LogP contribution in [0.1, 0.15) is 43.1 Å². The standard InChI is InChI=1S/C28H27BF3N4O2S/c1-19-3-5-22(15-21(19)7-8-24-16-34-27(39-24)29-38-18-33)26(37)14-20-4-6-23(25(13-20)28(30,31)32)17-36-11-9-35(2)10-12-36/h3-6,13,15-16,18,33H,9-12,14,17H2,1-2H3. The van der Waals surface area contributed by atoms with Gasteiger partial charge in [0, 0.05) is 50.3 Å². The van der Waals surface area contributed by atoms with Crippen molar-refractivity contribution in [3.63, 3.8) is 0 Å². The molecule has 1 aromatic heterocycles. The fourth-order valence-electron chi connectivity index (χ4n) is 4.22. The highest BCUT2D eigenvalue weighted by molar-refractivity contribution is 7.20. The van der Waals surface area contributed by atoms with Gasteiger partial charge in [-0.3, -0.25) is 20.1 Å². The van der Waals surface area contributed by atoms with Crippen molar-refractivity contribution in [2.45, 2.75) is 26.1 Å². The fourth-order valence-corrected chi connectivity index (χ4v) is 4.86. The third kappa shape index (κ3) is 7.79. The van der Waals surface area contributed by atoms with E-state index in [9.17, 15) is 18.0 Å². The van der Waals surface area contributed by atoms with Crippen LogP contribution in [0.2, 0.25) is 0 Å². The minimum absolute atomic E-state index is 0.144. The van der Waals surface area contributed by atoms with Crippen LogP contribution < -0.4 is 4.91 Å². The van der Waals surface area contributed by atoms with Gasteiger partial charge in [-0.05, 0) is 48.7 Å². The third-order valence-electron chi connectivity index (χ3n) is 6.47. The van der Waals surface area contributed by atoms with E-state index in [0.717, 1.165) is 31.1 Å². The Kier molecular flexibility index (Phi) is 9.22. The lowest BCUT2D eigenvalue weighted by Crippen LogP contribution is -2.44. The smallest absolute Gasteiger partial charge is 0.441 e. The fraction of sp³-hybridized carbons (Fsp3) is 0.321. The summed E-state index contributed by atoms with van der Waals surface area (Å²) in [6, 6.07) is 9.35. The molecule has 1 saturated heterocycles. The van der Waals surface area contributed by atoms with Crippen LogP contribution in [0, 0.1) is 24.2 Å². The summed E-state index contributed by atoms with van der Waals surface area (Å²) in [6.07, 6.45) is -2.26. The van der Waals surface area contributed by atoms with Crippen molar-refractivity contribution < 1.29 is 22.6 Å². The highest BCUT2D eigenvalue weighted by Crippen LogP contribution is 2.34. The summed E-state index contributed by atoms with van der Waals surface area (Å²) in [6.45, 7) is 5.17. The van der Waals surface area contributed by atoms with Crippen molar-refractivity contribution in [3.8, 4) is 11.8 Å². The van der Waals surface area contributed by atoms with E-state index in [1.165, 1.54) is 24.9 Å². The molecule has 1 radical (unpaired) electrons. The van der Waals surface area contributed by atoms with Crippen LogP contribution in [0.4, 0.5) is 13.2 Å². The van der Waals surface area contributed by atoms with E-state index in [0.29, 0.717) is 39.6 Å². The molecule has 2 aromatic carbocycles. The van der Waals surface area contributed by atoms with Crippen molar-refractivity contribution in [1.82, 2.24) is 14.8 Å². The molecule has 2 heterocycles. The molecule has 1 aliphatic heterocycles. The Hall–Kier alpha value is -3.46. The molecule has 201 valence electrons. The summed E-state index contributed by atoms with van der Waals surface area (Å²) < 4.78 is 46.6. The van der Waals surface area contributed by atoms with E-state index in [-0.39, 0.29) is 24.3 Å². The lowest BCUT2D eigenvalue weighted by atomic mass is 9.96. The molecule has 39 heavy (non-hydrogen) atoms. The molecule has 0 bridgehead atoms. The number of thiazole rings is 1. The van der Waals surface area contributed by atoms with Crippen LogP contribution in [0.3, 0.4) is 0 Å². The van der Waals surface area contributed by atoms with Crippen molar-refractivity contribution >= 4 is 35.9 Å². The van der Waals surface area contributed by atoms with Gasteiger partial charge in [0.05, 0.1) is 16.6 Å². The number of rotatable bonds is 8. The monoisotopic (exact) mass is 551 g/mol. The van der Waals surface area contributed by atoms with Gasteiger partial charge < -0.3 is 9.55 Å². The van der Waals surface area contributed by atoms with Gasteiger partial charge in [0.1, 0.15) is 11.3 Å². The summed E-state index contributed by atoms with van der Waals surface area (Å²) in [5, 5.41) is 6.89. The molecule has 11 heteroatoms. The number of carbonyl (C=O) groups excluding carboxylic acids is 1. The molecule has 4 rings (SSSR count). The first kappa shape index (κ1) is 28.6. The van der Waals surface area contributed by atoms with Crippen LogP contribution >= 0.6 is 11.3 Å². The minimum Gasteiger partial charge on any atom is -0.548 e. The van der Waals surface area contributed by atoms with Gasteiger partial charge in [-0.2, -0.15) is 13.2 Å². The minimum atomic E-state index is -4.51. The second kappa shape index (κ2) is 12.6. The summed E-state index contributed by atoms with van der Waals surface area (Å²) >= 11 is 1.29. The zero-order chi connectivity index (χ0) is 28.0. The van der Waals surface area contributed by atoms with E-state index in [4.69, 9.17) is 10.1 Å². The van der Waals surface area contributed by atoms with Gasteiger partial charge in [-0.25, -0.2) is 0 Å². The highest BCUT2D eigenvalue weighted by atomic mass is 32.1. The molecule has 0 unspecified atom stereocenters. The van der Waals surface area contributed by atoms with Gasteiger partial charge in [0.15, 0.2) is 5.78 Å². The van der Waals surface area contributed by atoms with Crippen LogP contribution in [-0.4, -0.2) is 67.7 Å². The predicted octanol–water partition coefficient (Wildman–Crippen LogP) is 3.91. The molecule has 1 N–H and O–H groups in total. The molecule has 0 spiro atoms. The van der Waals surface area contributed by atoms with Crippen LogP contribution in [0.25, 0.3) is 0 Å². The van der Waals surface area contributed by atoms with Gasteiger partial charge >= 0.3 is 13.7 Å². The number of likely N-dealkylation sites (N-methyl/N-ethyl adjacent to an activating group) is 1. The average molecular weight is 551 g/mol. The second-order valence-electron chi connectivity index (χ2n) is 9.38. The van der Waals surface area contributed by atoms with E-state index in [1.54, 1.807) is 30.5 Å². The number of nitrogens with zero attached hydrogens (tertiary/aromatic N) is 3.